The summed E-state index contributed by atoms with van der Waals surface area (Å²) in [6, 6.07) is 15.6. The van der Waals surface area contributed by atoms with E-state index in [2.05, 4.69) is 23.7 Å². The molecule has 10 nitrogen and oxygen atoms in total. The highest BCUT2D eigenvalue weighted by Crippen LogP contribution is 2.35. The SMILES string of the molecule is CCCN(CCCCN1CCCN(C(=O)c2cccnc2)CC1=O)C(C)Cc1cccc(S(=O)(=O)c2ccc3c(c2)OCO3)c1. The van der Waals surface area contributed by atoms with Crippen LogP contribution in [0, 0.1) is 0 Å². The zero-order chi connectivity index (χ0) is 31.8. The van der Waals surface area contributed by atoms with Gasteiger partial charge in [0.2, 0.25) is 22.5 Å². The van der Waals surface area contributed by atoms with Crippen LogP contribution in [-0.2, 0) is 21.1 Å². The van der Waals surface area contributed by atoms with Gasteiger partial charge in [-0.05, 0) is 94.1 Å². The Labute approximate surface area is 265 Å². The molecule has 0 bridgehead atoms. The van der Waals surface area contributed by atoms with Gasteiger partial charge in [0.15, 0.2) is 11.5 Å². The van der Waals surface area contributed by atoms with E-state index in [1.807, 2.05) is 11.0 Å². The summed E-state index contributed by atoms with van der Waals surface area (Å²) < 4.78 is 37.5. The van der Waals surface area contributed by atoms with Crippen LogP contribution in [0.2, 0.25) is 0 Å². The summed E-state index contributed by atoms with van der Waals surface area (Å²) in [7, 11) is -3.71. The van der Waals surface area contributed by atoms with Gasteiger partial charge >= 0.3 is 0 Å². The van der Waals surface area contributed by atoms with Gasteiger partial charge in [0.25, 0.3) is 5.91 Å². The summed E-state index contributed by atoms with van der Waals surface area (Å²) >= 11 is 0. The summed E-state index contributed by atoms with van der Waals surface area (Å²) in [5, 5.41) is 0. The van der Waals surface area contributed by atoms with Crippen LogP contribution in [-0.4, -0.2) is 92.0 Å². The number of sulfone groups is 1. The smallest absolute Gasteiger partial charge is 0.255 e. The van der Waals surface area contributed by atoms with Crippen LogP contribution < -0.4 is 9.47 Å². The van der Waals surface area contributed by atoms with E-state index in [-0.39, 0.29) is 41.0 Å². The summed E-state index contributed by atoms with van der Waals surface area (Å²) in [6.45, 7) is 8.21. The first kappa shape index (κ1) is 32.4. The second kappa shape index (κ2) is 14.9. The standard InChI is InChI=1S/C34H42N4O6S/c1-3-15-36(16-4-5-17-37-18-8-19-38(24-33(37)39)34(40)28-10-7-14-35-23-28)26(2)20-27-9-6-11-29(21-27)45(41,42)30-12-13-31-32(22-30)44-25-43-31/h6-7,9-14,21-23,26H,3-5,8,15-20,24-25H2,1-2H3. The van der Waals surface area contributed by atoms with Gasteiger partial charge in [-0.25, -0.2) is 8.42 Å². The number of ether oxygens (including phenoxy) is 2. The maximum Gasteiger partial charge on any atom is 0.255 e. The van der Waals surface area contributed by atoms with E-state index in [4.69, 9.17) is 9.47 Å². The van der Waals surface area contributed by atoms with Gasteiger partial charge in [0.05, 0.1) is 15.4 Å². The average Bonchev–Trinajstić information content (AvgIpc) is 3.45. The summed E-state index contributed by atoms with van der Waals surface area (Å²) in [5.74, 6) is 0.817. The molecule has 3 aromatic rings. The van der Waals surface area contributed by atoms with Crippen molar-refractivity contribution >= 4 is 21.7 Å². The molecule has 0 saturated carbocycles. The molecule has 45 heavy (non-hydrogen) atoms. The first-order valence-electron chi connectivity index (χ1n) is 15.7. The minimum atomic E-state index is -3.71. The van der Waals surface area contributed by atoms with Gasteiger partial charge in [-0.15, -0.1) is 0 Å². The van der Waals surface area contributed by atoms with E-state index < -0.39 is 9.84 Å². The van der Waals surface area contributed by atoms with Crippen molar-refractivity contribution in [1.82, 2.24) is 19.7 Å². The minimum absolute atomic E-state index is 0.0147. The zero-order valence-electron chi connectivity index (χ0n) is 26.1. The molecule has 1 saturated heterocycles. The predicted octanol–water partition coefficient (Wildman–Crippen LogP) is 4.44. The molecule has 0 N–H and O–H groups in total. The fraction of sp³-hybridized carbons (Fsp3) is 0.441. The Kier molecular flexibility index (Phi) is 10.7. The molecule has 3 heterocycles. The quantitative estimate of drug-likeness (QED) is 0.254. The third kappa shape index (κ3) is 8.01. The van der Waals surface area contributed by atoms with E-state index in [1.54, 1.807) is 53.6 Å². The molecule has 2 amide bonds. The van der Waals surface area contributed by atoms with Crippen LogP contribution in [0.5, 0.6) is 11.5 Å². The van der Waals surface area contributed by atoms with E-state index >= 15 is 0 Å². The van der Waals surface area contributed by atoms with Gasteiger partial charge in [0, 0.05) is 44.1 Å². The van der Waals surface area contributed by atoms with Crippen LogP contribution in [0.1, 0.15) is 55.5 Å². The van der Waals surface area contributed by atoms with Crippen LogP contribution in [0.15, 0.2) is 76.8 Å². The number of rotatable bonds is 13. The highest BCUT2D eigenvalue weighted by molar-refractivity contribution is 7.91. The third-order valence-electron chi connectivity index (χ3n) is 8.38. The maximum absolute atomic E-state index is 13.4. The number of unbranched alkanes of at least 4 members (excludes halogenated alkanes) is 1. The molecule has 1 atom stereocenters. The maximum atomic E-state index is 13.4. The second-order valence-electron chi connectivity index (χ2n) is 11.7. The Balaban J connectivity index is 1.13. The zero-order valence-corrected chi connectivity index (χ0v) is 26.9. The molecule has 1 unspecified atom stereocenters. The van der Waals surface area contributed by atoms with Crippen molar-refractivity contribution in [2.75, 3.05) is 46.1 Å². The van der Waals surface area contributed by atoms with Gasteiger partial charge < -0.3 is 24.2 Å². The fourth-order valence-electron chi connectivity index (χ4n) is 5.95. The van der Waals surface area contributed by atoms with E-state index in [0.717, 1.165) is 50.8 Å². The van der Waals surface area contributed by atoms with Crippen molar-refractivity contribution in [2.24, 2.45) is 0 Å². The van der Waals surface area contributed by atoms with Gasteiger partial charge in [-0.2, -0.15) is 0 Å². The molecular weight excluding hydrogens is 592 g/mol. The minimum Gasteiger partial charge on any atom is -0.454 e. The third-order valence-corrected chi connectivity index (χ3v) is 10.1. The van der Waals surface area contributed by atoms with Gasteiger partial charge in [-0.1, -0.05) is 19.1 Å². The Morgan fingerprint density at radius 1 is 1.00 bits per heavy atom. The number of benzene rings is 2. The van der Waals surface area contributed by atoms with Crippen molar-refractivity contribution in [3.8, 4) is 11.5 Å². The molecule has 1 aromatic heterocycles. The van der Waals surface area contributed by atoms with E-state index in [9.17, 15) is 18.0 Å². The van der Waals surface area contributed by atoms with Crippen LogP contribution >= 0.6 is 0 Å². The van der Waals surface area contributed by atoms with Crippen molar-refractivity contribution in [1.29, 1.82) is 0 Å². The second-order valence-corrected chi connectivity index (χ2v) is 13.6. The van der Waals surface area contributed by atoms with Crippen molar-refractivity contribution in [3.05, 3.63) is 78.1 Å². The van der Waals surface area contributed by atoms with E-state index in [0.29, 0.717) is 36.7 Å². The first-order chi connectivity index (χ1) is 21.8. The Morgan fingerprint density at radius 3 is 2.62 bits per heavy atom. The highest BCUT2D eigenvalue weighted by Gasteiger charge is 2.26. The molecule has 0 aliphatic carbocycles. The Hall–Kier alpha value is -3.96. The molecule has 2 aliphatic heterocycles. The van der Waals surface area contributed by atoms with E-state index in [1.165, 1.54) is 12.3 Å². The van der Waals surface area contributed by atoms with Crippen molar-refractivity contribution in [3.63, 3.8) is 0 Å². The first-order valence-corrected chi connectivity index (χ1v) is 17.2. The predicted molar refractivity (Wildman–Crippen MR) is 170 cm³/mol. The highest BCUT2D eigenvalue weighted by atomic mass is 32.2. The van der Waals surface area contributed by atoms with Crippen LogP contribution in [0.25, 0.3) is 0 Å². The Morgan fingerprint density at radius 2 is 1.82 bits per heavy atom. The number of nitrogens with zero attached hydrogens (tertiary/aromatic N) is 4. The number of carbonyl (C=O) groups excluding carboxylic acids is 2. The fourth-order valence-corrected chi connectivity index (χ4v) is 7.29. The van der Waals surface area contributed by atoms with Gasteiger partial charge in [0.1, 0.15) is 6.54 Å². The van der Waals surface area contributed by atoms with Crippen molar-refractivity contribution in [2.45, 2.75) is 61.8 Å². The number of hydrogen-bond acceptors (Lipinski definition) is 8. The van der Waals surface area contributed by atoms with Crippen LogP contribution in [0.3, 0.4) is 0 Å². The molecule has 11 heteroatoms. The number of carbonyl (C=O) groups is 2. The number of amides is 2. The molecular formula is C34H42N4O6S. The molecule has 240 valence electrons. The lowest BCUT2D eigenvalue weighted by molar-refractivity contribution is -0.130. The normalized spacial score (nSPS) is 15.8. The number of hydrogen-bond donors (Lipinski definition) is 0. The van der Waals surface area contributed by atoms with Gasteiger partial charge in [-0.3, -0.25) is 14.6 Å². The lowest BCUT2D eigenvalue weighted by Gasteiger charge is -2.29. The molecule has 5 rings (SSSR count). The summed E-state index contributed by atoms with van der Waals surface area (Å²) in [5.41, 5.74) is 1.47. The van der Waals surface area contributed by atoms with Crippen molar-refractivity contribution < 1.29 is 27.5 Å². The largest absolute Gasteiger partial charge is 0.454 e. The summed E-state index contributed by atoms with van der Waals surface area (Å²) in [6.07, 6.45) is 7.45. The monoisotopic (exact) mass is 634 g/mol. The topological polar surface area (TPSA) is 109 Å². The number of fused-ring (bicyclic) bond motifs is 1. The lowest BCUT2D eigenvalue weighted by atomic mass is 10.1. The van der Waals surface area contributed by atoms with Crippen LogP contribution in [0.4, 0.5) is 0 Å². The number of pyridine rings is 1. The lowest BCUT2D eigenvalue weighted by Crippen LogP contribution is -2.40. The number of aromatic nitrogens is 1. The molecule has 0 spiro atoms. The summed E-state index contributed by atoms with van der Waals surface area (Å²) in [4.78, 5) is 36.2. The Bertz CT molecular complexity index is 1580. The molecule has 1 fully saturated rings. The molecule has 2 aromatic carbocycles. The molecule has 2 aliphatic rings. The average molecular weight is 635 g/mol. The molecule has 0 radical (unpaired) electrons.